The standard InChI is InChI=1S/C29H31N3O2S/c30-28(33)20-23-9-7-14-26(19-23)34-17-8-16-32(22-29-31-15-18-35-29)21-27(24-10-3-1-4-11-24)25-12-5-2-6-13-25/h1-7,9-15,18-19,27H,8,16-17,20-22H2,(H2,30,33). The van der Waals surface area contributed by atoms with E-state index in [0.717, 1.165) is 42.4 Å². The second-order valence-electron chi connectivity index (χ2n) is 8.53. The minimum absolute atomic E-state index is 0.221. The minimum Gasteiger partial charge on any atom is -0.494 e. The second kappa shape index (κ2) is 12.8. The highest BCUT2D eigenvalue weighted by atomic mass is 32.1. The van der Waals surface area contributed by atoms with Crippen molar-refractivity contribution in [3.63, 3.8) is 0 Å². The van der Waals surface area contributed by atoms with E-state index in [4.69, 9.17) is 10.5 Å². The van der Waals surface area contributed by atoms with Crippen LogP contribution >= 0.6 is 11.3 Å². The lowest BCUT2D eigenvalue weighted by molar-refractivity contribution is -0.117. The van der Waals surface area contributed by atoms with Gasteiger partial charge in [0.25, 0.3) is 0 Å². The number of nitrogens with two attached hydrogens (primary N) is 1. The first-order valence-electron chi connectivity index (χ1n) is 11.9. The number of primary amides is 1. The summed E-state index contributed by atoms with van der Waals surface area (Å²) < 4.78 is 6.00. The summed E-state index contributed by atoms with van der Waals surface area (Å²) in [5.74, 6) is 0.691. The Morgan fingerprint density at radius 1 is 0.971 bits per heavy atom. The second-order valence-corrected chi connectivity index (χ2v) is 9.51. The van der Waals surface area contributed by atoms with Gasteiger partial charge in [-0.05, 0) is 35.2 Å². The third-order valence-electron chi connectivity index (χ3n) is 5.85. The van der Waals surface area contributed by atoms with E-state index in [1.807, 2.05) is 35.8 Å². The molecule has 0 aliphatic rings. The van der Waals surface area contributed by atoms with E-state index in [2.05, 4.69) is 70.5 Å². The van der Waals surface area contributed by atoms with Crippen LogP contribution < -0.4 is 10.5 Å². The number of carbonyl (C=O) groups is 1. The third kappa shape index (κ3) is 7.77. The predicted octanol–water partition coefficient (Wildman–Crippen LogP) is 5.27. The van der Waals surface area contributed by atoms with E-state index in [9.17, 15) is 4.79 Å². The summed E-state index contributed by atoms with van der Waals surface area (Å²) in [7, 11) is 0. The molecule has 35 heavy (non-hydrogen) atoms. The summed E-state index contributed by atoms with van der Waals surface area (Å²) in [5.41, 5.74) is 8.81. The molecule has 0 aliphatic heterocycles. The number of thiazole rings is 1. The van der Waals surface area contributed by atoms with Gasteiger partial charge in [0.15, 0.2) is 0 Å². The number of ether oxygens (including phenoxy) is 1. The molecule has 4 aromatic rings. The molecule has 0 aliphatic carbocycles. The molecule has 1 aromatic heterocycles. The van der Waals surface area contributed by atoms with Crippen molar-refractivity contribution in [1.82, 2.24) is 9.88 Å². The van der Waals surface area contributed by atoms with E-state index in [1.165, 1.54) is 11.1 Å². The number of hydrogen-bond donors (Lipinski definition) is 1. The topological polar surface area (TPSA) is 68.5 Å². The molecule has 4 rings (SSSR count). The van der Waals surface area contributed by atoms with Crippen LogP contribution in [0.25, 0.3) is 0 Å². The molecular weight excluding hydrogens is 454 g/mol. The fourth-order valence-corrected chi connectivity index (χ4v) is 4.87. The van der Waals surface area contributed by atoms with Gasteiger partial charge in [0.1, 0.15) is 10.8 Å². The van der Waals surface area contributed by atoms with Gasteiger partial charge in [-0.3, -0.25) is 9.69 Å². The Hall–Kier alpha value is -3.48. The summed E-state index contributed by atoms with van der Waals surface area (Å²) in [4.78, 5) is 18.2. The van der Waals surface area contributed by atoms with Gasteiger partial charge in [-0.25, -0.2) is 4.98 Å². The molecule has 0 atom stereocenters. The van der Waals surface area contributed by atoms with Crippen LogP contribution in [0, 0.1) is 0 Å². The molecule has 2 N–H and O–H groups in total. The SMILES string of the molecule is NC(=O)Cc1cccc(OCCCN(Cc2nccs2)CC(c2ccccc2)c2ccccc2)c1. The molecule has 0 saturated carbocycles. The van der Waals surface area contributed by atoms with Gasteiger partial charge < -0.3 is 10.5 Å². The Bertz CT molecular complexity index is 1130. The lowest BCUT2D eigenvalue weighted by atomic mass is 9.90. The largest absolute Gasteiger partial charge is 0.494 e. The van der Waals surface area contributed by atoms with Crippen molar-refractivity contribution in [1.29, 1.82) is 0 Å². The zero-order valence-electron chi connectivity index (χ0n) is 19.8. The summed E-state index contributed by atoms with van der Waals surface area (Å²) in [6, 6.07) is 29.0. The van der Waals surface area contributed by atoms with Gasteiger partial charge in [-0.15, -0.1) is 11.3 Å². The molecule has 0 fully saturated rings. The molecular formula is C29H31N3O2S. The van der Waals surface area contributed by atoms with Crippen LogP contribution in [0.1, 0.15) is 34.0 Å². The van der Waals surface area contributed by atoms with Crippen molar-refractivity contribution in [2.45, 2.75) is 25.3 Å². The highest BCUT2D eigenvalue weighted by Gasteiger charge is 2.19. The number of hydrogen-bond acceptors (Lipinski definition) is 5. The van der Waals surface area contributed by atoms with Gasteiger partial charge in [0, 0.05) is 30.6 Å². The van der Waals surface area contributed by atoms with Crippen LogP contribution in [0.4, 0.5) is 0 Å². The quantitative estimate of drug-likeness (QED) is 0.262. The van der Waals surface area contributed by atoms with Crippen molar-refractivity contribution in [2.75, 3.05) is 19.7 Å². The van der Waals surface area contributed by atoms with Crippen LogP contribution in [0.15, 0.2) is 96.5 Å². The number of benzene rings is 3. The van der Waals surface area contributed by atoms with Crippen molar-refractivity contribution in [3.8, 4) is 5.75 Å². The van der Waals surface area contributed by atoms with E-state index in [-0.39, 0.29) is 18.2 Å². The first-order chi connectivity index (χ1) is 17.2. The van der Waals surface area contributed by atoms with Gasteiger partial charge in [0.05, 0.1) is 19.6 Å². The number of amides is 1. The Morgan fingerprint density at radius 3 is 2.31 bits per heavy atom. The molecule has 0 spiro atoms. The summed E-state index contributed by atoms with van der Waals surface area (Å²) in [6.45, 7) is 3.18. The summed E-state index contributed by atoms with van der Waals surface area (Å²) in [6.07, 6.45) is 2.97. The maximum atomic E-state index is 11.2. The van der Waals surface area contributed by atoms with E-state index in [1.54, 1.807) is 11.3 Å². The molecule has 0 bridgehead atoms. The Kier molecular flexibility index (Phi) is 9.04. The molecule has 180 valence electrons. The van der Waals surface area contributed by atoms with Crippen LogP contribution in [0.3, 0.4) is 0 Å². The average Bonchev–Trinajstić information content (AvgIpc) is 3.39. The Morgan fingerprint density at radius 2 is 1.69 bits per heavy atom. The van der Waals surface area contributed by atoms with E-state index >= 15 is 0 Å². The molecule has 0 radical (unpaired) electrons. The average molecular weight is 486 g/mol. The highest BCUT2D eigenvalue weighted by molar-refractivity contribution is 7.09. The Balaban J connectivity index is 1.42. The zero-order chi connectivity index (χ0) is 24.3. The molecule has 5 nitrogen and oxygen atoms in total. The Labute approximate surface area is 211 Å². The van der Waals surface area contributed by atoms with Crippen LogP contribution in [0.2, 0.25) is 0 Å². The van der Waals surface area contributed by atoms with Crippen molar-refractivity contribution in [2.24, 2.45) is 5.73 Å². The van der Waals surface area contributed by atoms with Crippen molar-refractivity contribution in [3.05, 3.63) is 118 Å². The van der Waals surface area contributed by atoms with Crippen molar-refractivity contribution >= 4 is 17.2 Å². The maximum absolute atomic E-state index is 11.2. The highest BCUT2D eigenvalue weighted by Crippen LogP contribution is 2.26. The van der Waals surface area contributed by atoms with Crippen LogP contribution in [-0.2, 0) is 17.8 Å². The van der Waals surface area contributed by atoms with Gasteiger partial charge in [-0.2, -0.15) is 0 Å². The number of nitrogens with zero attached hydrogens (tertiary/aromatic N) is 2. The monoisotopic (exact) mass is 485 g/mol. The van der Waals surface area contributed by atoms with Gasteiger partial charge >= 0.3 is 0 Å². The smallest absolute Gasteiger partial charge is 0.221 e. The fraction of sp³-hybridized carbons (Fsp3) is 0.241. The normalized spacial score (nSPS) is 11.1. The van der Waals surface area contributed by atoms with E-state index in [0.29, 0.717) is 6.61 Å². The molecule has 1 heterocycles. The first-order valence-corrected chi connectivity index (χ1v) is 12.8. The third-order valence-corrected chi connectivity index (χ3v) is 6.62. The van der Waals surface area contributed by atoms with Gasteiger partial charge in [-0.1, -0.05) is 72.8 Å². The number of aromatic nitrogens is 1. The first kappa shape index (κ1) is 24.6. The van der Waals surface area contributed by atoms with Crippen LogP contribution in [0.5, 0.6) is 5.75 Å². The molecule has 0 unspecified atom stereocenters. The predicted molar refractivity (Wildman–Crippen MR) is 142 cm³/mol. The number of rotatable bonds is 13. The lowest BCUT2D eigenvalue weighted by Gasteiger charge is -2.28. The van der Waals surface area contributed by atoms with E-state index < -0.39 is 0 Å². The van der Waals surface area contributed by atoms with Gasteiger partial charge in [0.2, 0.25) is 5.91 Å². The summed E-state index contributed by atoms with van der Waals surface area (Å²) in [5, 5.41) is 3.15. The molecule has 1 amide bonds. The molecule has 0 saturated heterocycles. The zero-order valence-corrected chi connectivity index (χ0v) is 20.6. The van der Waals surface area contributed by atoms with Crippen molar-refractivity contribution < 1.29 is 9.53 Å². The lowest BCUT2D eigenvalue weighted by Crippen LogP contribution is -2.30. The fourth-order valence-electron chi connectivity index (χ4n) is 4.21. The minimum atomic E-state index is -0.341. The molecule has 6 heteroatoms. The molecule has 3 aromatic carbocycles. The van der Waals surface area contributed by atoms with Crippen LogP contribution in [-0.4, -0.2) is 35.5 Å². The number of carbonyl (C=O) groups excluding carboxylic acids is 1. The summed E-state index contributed by atoms with van der Waals surface area (Å²) >= 11 is 1.69. The maximum Gasteiger partial charge on any atom is 0.221 e.